The van der Waals surface area contributed by atoms with Crippen molar-refractivity contribution in [3.8, 4) is 0 Å². The Morgan fingerprint density at radius 2 is 1.94 bits per heavy atom. The maximum absolute atomic E-state index is 10.1. The van der Waals surface area contributed by atoms with E-state index in [0.717, 1.165) is 45.4 Å². The van der Waals surface area contributed by atoms with Crippen LogP contribution in [-0.4, -0.2) is 73.5 Å². The summed E-state index contributed by atoms with van der Waals surface area (Å²) in [7, 11) is 3.89. The van der Waals surface area contributed by atoms with Crippen LogP contribution in [0.5, 0.6) is 0 Å². The second-order valence-corrected chi connectivity index (χ2v) is 5.97. The van der Waals surface area contributed by atoms with Gasteiger partial charge in [-0.2, -0.15) is 0 Å². The van der Waals surface area contributed by atoms with Crippen LogP contribution >= 0.6 is 0 Å². The number of hydrogen-bond acceptors (Lipinski definition) is 5. The lowest BCUT2D eigenvalue weighted by molar-refractivity contribution is -0.0390. The van der Waals surface area contributed by atoms with Gasteiger partial charge >= 0.3 is 0 Å². The van der Waals surface area contributed by atoms with E-state index in [9.17, 15) is 5.11 Å². The fraction of sp³-hybridized carbons (Fsp3) is 1.00. The van der Waals surface area contributed by atoms with Crippen LogP contribution in [0.1, 0.15) is 19.3 Å². The van der Waals surface area contributed by atoms with Crippen LogP contribution in [0.15, 0.2) is 0 Å². The topological polar surface area (TPSA) is 64.8 Å². The van der Waals surface area contributed by atoms with Crippen molar-refractivity contribution in [1.82, 2.24) is 15.1 Å². The number of nitrogens with one attached hydrogen (secondary N) is 1. The minimum Gasteiger partial charge on any atom is -0.378 e. The van der Waals surface area contributed by atoms with Crippen molar-refractivity contribution in [2.24, 2.45) is 11.7 Å². The van der Waals surface area contributed by atoms with Gasteiger partial charge in [0.25, 0.3) is 0 Å². The molecule has 2 fully saturated rings. The number of nitrogens with two attached hydrogens (primary N) is 1. The lowest BCUT2D eigenvalue weighted by Crippen LogP contribution is -2.58. The summed E-state index contributed by atoms with van der Waals surface area (Å²) in [5.41, 5.74) is 6.19. The molecule has 3 atom stereocenters. The summed E-state index contributed by atoms with van der Waals surface area (Å²) in [4.78, 5) is 4.45. The van der Waals surface area contributed by atoms with Crippen molar-refractivity contribution in [1.29, 1.82) is 0 Å². The molecule has 0 radical (unpaired) electrons. The van der Waals surface area contributed by atoms with Crippen LogP contribution in [-0.2, 0) is 0 Å². The van der Waals surface area contributed by atoms with Gasteiger partial charge in [-0.3, -0.25) is 9.80 Å². The van der Waals surface area contributed by atoms with Gasteiger partial charge in [-0.05, 0) is 53.0 Å². The summed E-state index contributed by atoms with van der Waals surface area (Å²) in [6.07, 6.45) is 3.02. The lowest BCUT2D eigenvalue weighted by Gasteiger charge is -2.43. The minimum absolute atomic E-state index is 0.258. The molecular formula is C13H28N4O. The zero-order chi connectivity index (χ0) is 13.1. The number of rotatable bonds is 3. The zero-order valence-corrected chi connectivity index (χ0v) is 11.7. The molecule has 5 nitrogen and oxygen atoms in total. The van der Waals surface area contributed by atoms with Crippen LogP contribution in [0.25, 0.3) is 0 Å². The highest BCUT2D eigenvalue weighted by molar-refractivity contribution is 4.90. The molecule has 0 aromatic carbocycles. The maximum atomic E-state index is 10.1. The van der Waals surface area contributed by atoms with Crippen molar-refractivity contribution in [2.75, 3.05) is 40.3 Å². The van der Waals surface area contributed by atoms with Crippen molar-refractivity contribution in [2.45, 2.75) is 37.6 Å². The molecule has 2 aliphatic rings. The van der Waals surface area contributed by atoms with Gasteiger partial charge in [0.1, 0.15) is 6.23 Å². The molecule has 0 aliphatic carbocycles. The zero-order valence-electron chi connectivity index (χ0n) is 11.7. The third kappa shape index (κ3) is 3.22. The first-order valence-electron chi connectivity index (χ1n) is 7.14. The smallest absolute Gasteiger partial charge is 0.109 e. The third-order valence-electron chi connectivity index (χ3n) is 4.49. The van der Waals surface area contributed by atoms with E-state index in [4.69, 9.17) is 5.73 Å². The van der Waals surface area contributed by atoms with Gasteiger partial charge in [0.05, 0.1) is 0 Å². The Morgan fingerprint density at radius 1 is 1.28 bits per heavy atom. The first-order chi connectivity index (χ1) is 8.59. The highest BCUT2D eigenvalue weighted by Gasteiger charge is 2.32. The van der Waals surface area contributed by atoms with E-state index in [0.29, 0.717) is 12.0 Å². The quantitative estimate of drug-likeness (QED) is 0.581. The molecule has 5 heteroatoms. The summed E-state index contributed by atoms with van der Waals surface area (Å²) in [5, 5.41) is 13.4. The lowest BCUT2D eigenvalue weighted by atomic mass is 9.91. The number of aliphatic hydroxyl groups excluding tert-OH is 1. The summed E-state index contributed by atoms with van der Waals surface area (Å²) in [5.74, 6) is 0.411. The molecule has 2 saturated heterocycles. The number of likely N-dealkylation sites (tertiary alicyclic amines) is 1. The summed E-state index contributed by atoms with van der Waals surface area (Å²) < 4.78 is 0. The van der Waals surface area contributed by atoms with E-state index < -0.39 is 0 Å². The highest BCUT2D eigenvalue weighted by Crippen LogP contribution is 2.25. The molecule has 0 aromatic rings. The van der Waals surface area contributed by atoms with Crippen molar-refractivity contribution >= 4 is 0 Å². The van der Waals surface area contributed by atoms with Gasteiger partial charge in [0.15, 0.2) is 0 Å². The van der Waals surface area contributed by atoms with Crippen LogP contribution in [0.2, 0.25) is 0 Å². The fourth-order valence-corrected chi connectivity index (χ4v) is 3.29. The molecule has 0 amide bonds. The molecule has 106 valence electrons. The van der Waals surface area contributed by atoms with Crippen molar-refractivity contribution in [3.63, 3.8) is 0 Å². The molecule has 2 rings (SSSR count). The van der Waals surface area contributed by atoms with Gasteiger partial charge in [-0.15, -0.1) is 0 Å². The number of piperidine rings is 2. The van der Waals surface area contributed by atoms with Crippen LogP contribution < -0.4 is 11.1 Å². The van der Waals surface area contributed by atoms with E-state index in [1.54, 1.807) is 0 Å². The van der Waals surface area contributed by atoms with Gasteiger partial charge < -0.3 is 16.2 Å². The number of aliphatic hydroxyl groups is 1. The molecule has 18 heavy (non-hydrogen) atoms. The fourth-order valence-electron chi connectivity index (χ4n) is 3.29. The van der Waals surface area contributed by atoms with Gasteiger partial charge in [-0.1, -0.05) is 0 Å². The molecule has 2 unspecified atom stereocenters. The maximum Gasteiger partial charge on any atom is 0.109 e. The van der Waals surface area contributed by atoms with Gasteiger partial charge in [0.2, 0.25) is 0 Å². The summed E-state index contributed by atoms with van der Waals surface area (Å²) in [6, 6.07) is 0.790. The SMILES string of the molecule is CN(C)C(O)C1CCN(C2CCNC[C@H]2N)CC1. The Bertz CT molecular complexity index is 253. The minimum atomic E-state index is -0.297. The molecule has 2 heterocycles. The molecule has 0 aromatic heterocycles. The standard InChI is InChI=1S/C13H28N4O/c1-16(2)13(18)10-4-7-17(8-5-10)12-3-6-15-9-11(12)14/h10-13,15,18H,3-9,14H2,1-2H3/t11-,12?,13?/m1/s1. The predicted molar refractivity (Wildman–Crippen MR) is 73.2 cm³/mol. The number of nitrogens with zero attached hydrogens (tertiary/aromatic N) is 2. The highest BCUT2D eigenvalue weighted by atomic mass is 16.3. The molecule has 0 bridgehead atoms. The Kier molecular flexibility index (Phi) is 4.98. The van der Waals surface area contributed by atoms with E-state index in [1.807, 2.05) is 19.0 Å². The average molecular weight is 256 g/mol. The van der Waals surface area contributed by atoms with Crippen LogP contribution in [0.4, 0.5) is 0 Å². The molecule has 2 aliphatic heterocycles. The van der Waals surface area contributed by atoms with E-state index in [2.05, 4.69) is 10.2 Å². The van der Waals surface area contributed by atoms with Crippen LogP contribution in [0.3, 0.4) is 0 Å². The normalized spacial score (nSPS) is 33.8. The van der Waals surface area contributed by atoms with Crippen LogP contribution in [0, 0.1) is 5.92 Å². The monoisotopic (exact) mass is 256 g/mol. The molecular weight excluding hydrogens is 228 g/mol. The van der Waals surface area contributed by atoms with Crippen molar-refractivity contribution < 1.29 is 5.11 Å². The second kappa shape index (κ2) is 6.30. The molecule has 4 N–H and O–H groups in total. The van der Waals surface area contributed by atoms with Gasteiger partial charge in [-0.25, -0.2) is 0 Å². The van der Waals surface area contributed by atoms with E-state index >= 15 is 0 Å². The number of hydrogen-bond donors (Lipinski definition) is 3. The Hall–Kier alpha value is -0.200. The third-order valence-corrected chi connectivity index (χ3v) is 4.49. The first-order valence-corrected chi connectivity index (χ1v) is 7.14. The Balaban J connectivity index is 1.82. The summed E-state index contributed by atoms with van der Waals surface area (Å²) >= 11 is 0. The summed E-state index contributed by atoms with van der Waals surface area (Å²) in [6.45, 7) is 4.17. The largest absolute Gasteiger partial charge is 0.378 e. The van der Waals surface area contributed by atoms with E-state index in [-0.39, 0.29) is 12.3 Å². The molecule has 0 saturated carbocycles. The molecule has 0 spiro atoms. The predicted octanol–water partition coefficient (Wildman–Crippen LogP) is -0.732. The van der Waals surface area contributed by atoms with Crippen molar-refractivity contribution in [3.05, 3.63) is 0 Å². The van der Waals surface area contributed by atoms with E-state index in [1.165, 1.54) is 0 Å². The Labute approximate surface area is 110 Å². The average Bonchev–Trinajstić information content (AvgIpc) is 2.38. The second-order valence-electron chi connectivity index (χ2n) is 5.97. The first kappa shape index (κ1) is 14.2. The Morgan fingerprint density at radius 3 is 2.50 bits per heavy atom. The van der Waals surface area contributed by atoms with Gasteiger partial charge in [0, 0.05) is 24.5 Å².